The molecule has 1 amide bonds. The Labute approximate surface area is 130 Å². The van der Waals surface area contributed by atoms with Crippen LogP contribution in [0.1, 0.15) is 25.3 Å². The second-order valence-corrected chi connectivity index (χ2v) is 7.51. The van der Waals surface area contributed by atoms with E-state index in [-0.39, 0.29) is 17.6 Å². The van der Waals surface area contributed by atoms with E-state index in [0.717, 1.165) is 0 Å². The van der Waals surface area contributed by atoms with Gasteiger partial charge in [0, 0.05) is 24.7 Å². The molecule has 0 radical (unpaired) electrons. The molecule has 0 unspecified atom stereocenters. The van der Waals surface area contributed by atoms with Crippen molar-refractivity contribution in [2.24, 2.45) is 5.92 Å². The predicted octanol–water partition coefficient (Wildman–Crippen LogP) is 1.56. The Morgan fingerprint density at radius 1 is 1.32 bits per heavy atom. The maximum Gasteiger partial charge on any atom is 0.227 e. The van der Waals surface area contributed by atoms with Crippen LogP contribution >= 0.6 is 0 Å². The van der Waals surface area contributed by atoms with Gasteiger partial charge in [0.2, 0.25) is 15.9 Å². The molecule has 7 heteroatoms. The first-order valence-corrected chi connectivity index (χ1v) is 8.86. The molecule has 1 heterocycles. The molecule has 0 atom stereocenters. The molecule has 1 aliphatic rings. The van der Waals surface area contributed by atoms with Gasteiger partial charge in [-0.05, 0) is 44.0 Å². The van der Waals surface area contributed by atoms with Crippen molar-refractivity contribution in [2.45, 2.75) is 19.8 Å². The van der Waals surface area contributed by atoms with Gasteiger partial charge in [-0.2, -0.15) is 5.26 Å². The molecule has 1 aromatic rings. The summed E-state index contributed by atoms with van der Waals surface area (Å²) in [6, 6.07) is 8.69. The van der Waals surface area contributed by atoms with Crippen molar-refractivity contribution < 1.29 is 13.2 Å². The fourth-order valence-electron chi connectivity index (χ4n) is 2.45. The molecule has 0 bridgehead atoms. The van der Waals surface area contributed by atoms with Crippen molar-refractivity contribution in [1.82, 2.24) is 4.31 Å². The summed E-state index contributed by atoms with van der Waals surface area (Å²) in [5.41, 5.74) is 1.18. The highest BCUT2D eigenvalue weighted by atomic mass is 32.2. The lowest BCUT2D eigenvalue weighted by atomic mass is 9.97. The van der Waals surface area contributed by atoms with Gasteiger partial charge >= 0.3 is 0 Å². The van der Waals surface area contributed by atoms with Gasteiger partial charge in [0.1, 0.15) is 0 Å². The van der Waals surface area contributed by atoms with E-state index in [1.807, 2.05) is 6.07 Å². The Morgan fingerprint density at radius 2 is 1.91 bits per heavy atom. The molecule has 1 N–H and O–H groups in total. The van der Waals surface area contributed by atoms with E-state index in [4.69, 9.17) is 5.26 Å². The van der Waals surface area contributed by atoms with Crippen molar-refractivity contribution in [1.29, 1.82) is 5.26 Å². The van der Waals surface area contributed by atoms with Gasteiger partial charge in [-0.15, -0.1) is 0 Å². The van der Waals surface area contributed by atoms with E-state index in [1.165, 1.54) is 4.31 Å². The highest BCUT2D eigenvalue weighted by Crippen LogP contribution is 2.21. The summed E-state index contributed by atoms with van der Waals surface area (Å²) in [7, 11) is -3.17. The van der Waals surface area contributed by atoms with Crippen LogP contribution in [-0.2, 0) is 14.8 Å². The maximum atomic E-state index is 12.2. The molecule has 0 aliphatic carbocycles. The number of carbonyl (C=O) groups is 1. The molecule has 0 saturated carbocycles. The van der Waals surface area contributed by atoms with E-state index in [9.17, 15) is 13.2 Å². The molecular weight excluding hydrogens is 302 g/mol. The van der Waals surface area contributed by atoms with Crippen molar-refractivity contribution in [3.8, 4) is 6.07 Å². The van der Waals surface area contributed by atoms with Gasteiger partial charge in [0.05, 0.1) is 17.4 Å². The summed E-state index contributed by atoms with van der Waals surface area (Å²) < 4.78 is 25.0. The zero-order valence-electron chi connectivity index (χ0n) is 12.4. The molecular formula is C15H19N3O3S. The molecule has 1 fully saturated rings. The van der Waals surface area contributed by atoms with Gasteiger partial charge in [0.25, 0.3) is 0 Å². The molecule has 2 rings (SSSR count). The number of hydrogen-bond donors (Lipinski definition) is 1. The standard InChI is InChI=1S/C15H19N3O3S/c1-2-22(20,21)18-9-7-13(8-10-18)15(19)17-14-5-3-12(11-16)4-6-14/h3-6,13H,2,7-10H2,1H3,(H,17,19). The third-order valence-corrected chi connectivity index (χ3v) is 5.75. The van der Waals surface area contributed by atoms with Gasteiger partial charge in [-0.1, -0.05) is 0 Å². The number of amides is 1. The smallest absolute Gasteiger partial charge is 0.227 e. The number of benzene rings is 1. The van der Waals surface area contributed by atoms with Crippen LogP contribution in [0, 0.1) is 17.2 Å². The number of nitrogens with one attached hydrogen (secondary N) is 1. The van der Waals surface area contributed by atoms with Crippen LogP contribution in [0.4, 0.5) is 5.69 Å². The number of rotatable bonds is 4. The largest absolute Gasteiger partial charge is 0.326 e. The van der Waals surface area contributed by atoms with Gasteiger partial charge < -0.3 is 5.32 Å². The first kappa shape index (κ1) is 16.5. The number of sulfonamides is 1. The highest BCUT2D eigenvalue weighted by molar-refractivity contribution is 7.89. The minimum absolute atomic E-state index is 0.0924. The SMILES string of the molecule is CCS(=O)(=O)N1CCC(C(=O)Nc2ccc(C#N)cc2)CC1. The average Bonchev–Trinajstić information content (AvgIpc) is 2.55. The maximum absolute atomic E-state index is 12.2. The molecule has 118 valence electrons. The first-order valence-electron chi connectivity index (χ1n) is 7.25. The molecule has 1 aromatic carbocycles. The van der Waals surface area contributed by atoms with Crippen molar-refractivity contribution >= 4 is 21.6 Å². The zero-order valence-corrected chi connectivity index (χ0v) is 13.3. The van der Waals surface area contributed by atoms with Crippen LogP contribution < -0.4 is 5.32 Å². The summed E-state index contributed by atoms with van der Waals surface area (Å²) in [6.45, 7) is 2.41. The topological polar surface area (TPSA) is 90.3 Å². The molecule has 1 saturated heterocycles. The Kier molecular flexibility index (Phi) is 5.16. The number of hydrogen-bond acceptors (Lipinski definition) is 4. The van der Waals surface area contributed by atoms with Crippen molar-refractivity contribution in [2.75, 3.05) is 24.2 Å². The Bertz CT molecular complexity index is 669. The molecule has 0 aromatic heterocycles. The highest BCUT2D eigenvalue weighted by Gasteiger charge is 2.30. The Hall–Kier alpha value is -1.91. The zero-order chi connectivity index (χ0) is 16.2. The number of piperidine rings is 1. The quantitative estimate of drug-likeness (QED) is 0.911. The van der Waals surface area contributed by atoms with Crippen LogP contribution in [0.5, 0.6) is 0 Å². The summed E-state index contributed by atoms with van der Waals surface area (Å²) in [4.78, 5) is 12.2. The van der Waals surface area contributed by atoms with Crippen LogP contribution in [-0.4, -0.2) is 37.5 Å². The van der Waals surface area contributed by atoms with E-state index in [0.29, 0.717) is 37.2 Å². The molecule has 1 aliphatic heterocycles. The minimum Gasteiger partial charge on any atom is -0.326 e. The molecule has 6 nitrogen and oxygen atoms in total. The fourth-order valence-corrected chi connectivity index (χ4v) is 3.58. The summed E-state index contributed by atoms with van der Waals surface area (Å²) in [6.07, 6.45) is 1.06. The van der Waals surface area contributed by atoms with E-state index in [2.05, 4.69) is 5.32 Å². The number of nitrogens with zero attached hydrogens (tertiary/aromatic N) is 2. The first-order chi connectivity index (χ1) is 10.5. The van der Waals surface area contributed by atoms with E-state index in [1.54, 1.807) is 31.2 Å². The number of anilines is 1. The van der Waals surface area contributed by atoms with Gasteiger partial charge in [-0.3, -0.25) is 4.79 Å². The predicted molar refractivity (Wildman–Crippen MR) is 83.5 cm³/mol. The summed E-state index contributed by atoms with van der Waals surface area (Å²) >= 11 is 0. The van der Waals surface area contributed by atoms with Crippen LogP contribution in [0.3, 0.4) is 0 Å². The lowest BCUT2D eigenvalue weighted by Gasteiger charge is -2.30. The lowest BCUT2D eigenvalue weighted by Crippen LogP contribution is -2.42. The van der Waals surface area contributed by atoms with Crippen LogP contribution in [0.25, 0.3) is 0 Å². The van der Waals surface area contributed by atoms with Crippen molar-refractivity contribution in [3.05, 3.63) is 29.8 Å². The number of nitriles is 1. The van der Waals surface area contributed by atoms with Crippen molar-refractivity contribution in [3.63, 3.8) is 0 Å². The van der Waals surface area contributed by atoms with Gasteiger partial charge in [-0.25, -0.2) is 12.7 Å². The second-order valence-electron chi connectivity index (χ2n) is 5.25. The molecule has 22 heavy (non-hydrogen) atoms. The fraction of sp³-hybridized carbons (Fsp3) is 0.467. The summed E-state index contributed by atoms with van der Waals surface area (Å²) in [5.74, 6) is -0.188. The van der Waals surface area contributed by atoms with E-state index >= 15 is 0 Å². The monoisotopic (exact) mass is 321 g/mol. The van der Waals surface area contributed by atoms with Crippen LogP contribution in [0.2, 0.25) is 0 Å². The third-order valence-electron chi connectivity index (χ3n) is 3.86. The third kappa shape index (κ3) is 3.84. The summed E-state index contributed by atoms with van der Waals surface area (Å²) in [5, 5.41) is 11.5. The minimum atomic E-state index is -3.17. The van der Waals surface area contributed by atoms with Gasteiger partial charge in [0.15, 0.2) is 0 Å². The molecule has 0 spiro atoms. The number of carbonyl (C=O) groups excluding carboxylic acids is 1. The van der Waals surface area contributed by atoms with E-state index < -0.39 is 10.0 Å². The van der Waals surface area contributed by atoms with Crippen LogP contribution in [0.15, 0.2) is 24.3 Å². The average molecular weight is 321 g/mol. The Balaban J connectivity index is 1.91. The second kappa shape index (κ2) is 6.90. The Morgan fingerprint density at radius 3 is 2.41 bits per heavy atom. The lowest BCUT2D eigenvalue weighted by molar-refractivity contribution is -0.120. The normalized spacial score (nSPS) is 16.9.